The molecule has 25 heavy (non-hydrogen) atoms. The zero-order valence-electron chi connectivity index (χ0n) is 14.5. The smallest absolute Gasteiger partial charge is 0.269 e. The van der Waals surface area contributed by atoms with Crippen molar-refractivity contribution in [1.29, 1.82) is 0 Å². The summed E-state index contributed by atoms with van der Waals surface area (Å²) in [6.07, 6.45) is 5.29. The molecule has 0 amide bonds. The zero-order chi connectivity index (χ0) is 18.4. The van der Waals surface area contributed by atoms with Gasteiger partial charge in [0, 0.05) is 18.3 Å². The quantitative estimate of drug-likeness (QED) is 0.607. The van der Waals surface area contributed by atoms with Crippen LogP contribution in [0.2, 0.25) is 0 Å². The van der Waals surface area contributed by atoms with Crippen molar-refractivity contribution in [2.45, 2.75) is 32.5 Å². The van der Waals surface area contributed by atoms with E-state index in [9.17, 15) is 15.2 Å². The Labute approximate surface area is 146 Å². The van der Waals surface area contributed by atoms with E-state index in [0.717, 1.165) is 16.8 Å². The van der Waals surface area contributed by atoms with Crippen molar-refractivity contribution < 1.29 is 14.8 Å². The summed E-state index contributed by atoms with van der Waals surface area (Å²) in [5.74, 6) is 0. The van der Waals surface area contributed by atoms with E-state index in [1.54, 1.807) is 32.2 Å². The van der Waals surface area contributed by atoms with E-state index >= 15 is 0 Å². The number of nitro benzene ring substituents is 1. The summed E-state index contributed by atoms with van der Waals surface area (Å²) < 4.78 is 5.61. The summed E-state index contributed by atoms with van der Waals surface area (Å²) >= 11 is 0. The van der Waals surface area contributed by atoms with Crippen LogP contribution in [0.1, 0.15) is 43.7 Å². The fraction of sp³-hybridized carbons (Fsp3) is 0.316. The van der Waals surface area contributed by atoms with Crippen LogP contribution in [0.4, 0.5) is 5.69 Å². The molecular formula is C19H22N2O4. The van der Waals surface area contributed by atoms with Crippen molar-refractivity contribution in [2.24, 2.45) is 0 Å². The largest absolute Gasteiger partial charge is 0.388 e. The van der Waals surface area contributed by atoms with Crippen molar-refractivity contribution >= 4 is 17.8 Å². The highest BCUT2D eigenvalue weighted by atomic mass is 16.6. The zero-order valence-corrected chi connectivity index (χ0v) is 14.5. The molecule has 132 valence electrons. The molecule has 0 bridgehead atoms. The first-order chi connectivity index (χ1) is 11.7. The Bertz CT molecular complexity index is 732. The first kappa shape index (κ1) is 18.8. The van der Waals surface area contributed by atoms with Crippen molar-refractivity contribution in [3.8, 4) is 0 Å². The fourth-order valence-electron chi connectivity index (χ4n) is 2.07. The molecule has 0 aliphatic carbocycles. The van der Waals surface area contributed by atoms with Gasteiger partial charge in [-0.25, -0.2) is 0 Å². The molecule has 2 rings (SSSR count). The van der Waals surface area contributed by atoms with Crippen molar-refractivity contribution in [3.05, 3.63) is 69.5 Å². The predicted molar refractivity (Wildman–Crippen MR) is 96.9 cm³/mol. The Morgan fingerprint density at radius 2 is 1.80 bits per heavy atom. The minimum absolute atomic E-state index is 0.0724. The maximum Gasteiger partial charge on any atom is 0.269 e. The predicted octanol–water partition coefficient (Wildman–Crippen LogP) is 4.01. The van der Waals surface area contributed by atoms with Crippen LogP contribution in [0.3, 0.4) is 0 Å². The molecule has 0 radical (unpaired) electrons. The van der Waals surface area contributed by atoms with Gasteiger partial charge in [0.2, 0.25) is 0 Å². The van der Waals surface area contributed by atoms with Crippen molar-refractivity contribution in [2.75, 3.05) is 6.61 Å². The Balaban J connectivity index is 1.98. The van der Waals surface area contributed by atoms with Gasteiger partial charge < -0.3 is 9.84 Å². The lowest BCUT2D eigenvalue weighted by atomic mass is 10.1. The Kier molecular flexibility index (Phi) is 6.01. The lowest BCUT2D eigenvalue weighted by molar-refractivity contribution is -0.384. The number of nitro groups is 1. The number of hydrogen-bond acceptors (Lipinski definition) is 5. The lowest BCUT2D eigenvalue weighted by Gasteiger charge is -2.20. The van der Waals surface area contributed by atoms with Gasteiger partial charge in [-0.15, -0.1) is 0 Å². The van der Waals surface area contributed by atoms with Gasteiger partial charge in [0.25, 0.3) is 5.69 Å². The molecule has 1 heterocycles. The van der Waals surface area contributed by atoms with Gasteiger partial charge in [0.05, 0.1) is 28.9 Å². The molecule has 0 saturated heterocycles. The van der Waals surface area contributed by atoms with E-state index < -0.39 is 10.5 Å². The molecule has 2 aromatic rings. The van der Waals surface area contributed by atoms with Gasteiger partial charge in [-0.1, -0.05) is 18.2 Å². The van der Waals surface area contributed by atoms with Crippen LogP contribution in [-0.2, 0) is 4.74 Å². The van der Waals surface area contributed by atoms with Gasteiger partial charge in [-0.05, 0) is 50.1 Å². The first-order valence-electron chi connectivity index (χ1n) is 7.97. The third-order valence-corrected chi connectivity index (χ3v) is 3.48. The van der Waals surface area contributed by atoms with Gasteiger partial charge >= 0.3 is 0 Å². The average Bonchev–Trinajstić information content (AvgIpc) is 2.58. The summed E-state index contributed by atoms with van der Waals surface area (Å²) in [4.78, 5) is 14.6. The molecule has 0 spiro atoms. The number of rotatable bonds is 7. The van der Waals surface area contributed by atoms with Crippen LogP contribution in [0, 0.1) is 10.1 Å². The number of nitrogens with zero attached hydrogens (tertiary/aromatic N) is 2. The third-order valence-electron chi connectivity index (χ3n) is 3.48. The molecule has 0 aliphatic rings. The fourth-order valence-corrected chi connectivity index (χ4v) is 2.07. The van der Waals surface area contributed by atoms with Crippen LogP contribution in [0.25, 0.3) is 12.2 Å². The number of ether oxygens (including phenoxy) is 1. The van der Waals surface area contributed by atoms with E-state index in [4.69, 9.17) is 4.74 Å². The summed E-state index contributed by atoms with van der Waals surface area (Å²) in [5, 5.41) is 20.3. The summed E-state index contributed by atoms with van der Waals surface area (Å²) in [6.45, 7) is 5.51. The van der Waals surface area contributed by atoms with Crippen molar-refractivity contribution in [1.82, 2.24) is 4.98 Å². The number of benzene rings is 1. The SMILES string of the molecule is CC(OCC(C)(C)O)c1ccc(/C=C/c2ccc([N+](=O)[O-])cc2)cn1. The van der Waals surface area contributed by atoms with Gasteiger partial charge in [-0.3, -0.25) is 15.1 Å². The molecule has 0 fully saturated rings. The van der Waals surface area contributed by atoms with Crippen molar-refractivity contribution in [3.63, 3.8) is 0 Å². The number of pyridine rings is 1. The van der Waals surface area contributed by atoms with Crippen LogP contribution < -0.4 is 0 Å². The highest BCUT2D eigenvalue weighted by Crippen LogP contribution is 2.18. The van der Waals surface area contributed by atoms with E-state index in [2.05, 4.69) is 4.98 Å². The van der Waals surface area contributed by atoms with Crippen LogP contribution in [-0.4, -0.2) is 27.2 Å². The minimum atomic E-state index is -0.873. The molecule has 6 nitrogen and oxygen atoms in total. The molecular weight excluding hydrogens is 320 g/mol. The monoisotopic (exact) mass is 342 g/mol. The highest BCUT2D eigenvalue weighted by molar-refractivity contribution is 5.69. The molecule has 1 aromatic carbocycles. The molecule has 0 aliphatic heterocycles. The first-order valence-corrected chi connectivity index (χ1v) is 7.97. The van der Waals surface area contributed by atoms with E-state index in [-0.39, 0.29) is 18.4 Å². The van der Waals surface area contributed by atoms with Gasteiger partial charge in [-0.2, -0.15) is 0 Å². The molecule has 1 aromatic heterocycles. The highest BCUT2D eigenvalue weighted by Gasteiger charge is 2.16. The van der Waals surface area contributed by atoms with Crippen LogP contribution >= 0.6 is 0 Å². The molecule has 6 heteroatoms. The number of non-ortho nitro benzene ring substituents is 1. The maximum absolute atomic E-state index is 10.6. The number of hydrogen-bond donors (Lipinski definition) is 1. The van der Waals surface area contributed by atoms with E-state index in [0.29, 0.717) is 0 Å². The summed E-state index contributed by atoms with van der Waals surface area (Å²) in [5.41, 5.74) is 1.77. The second kappa shape index (κ2) is 8.00. The molecule has 0 saturated carbocycles. The van der Waals surface area contributed by atoms with E-state index in [1.807, 2.05) is 31.2 Å². The molecule has 1 unspecified atom stereocenters. The van der Waals surface area contributed by atoms with E-state index in [1.165, 1.54) is 12.1 Å². The summed E-state index contributed by atoms with van der Waals surface area (Å²) in [6, 6.07) is 10.1. The Morgan fingerprint density at radius 3 is 2.32 bits per heavy atom. The second-order valence-corrected chi connectivity index (χ2v) is 6.46. The average molecular weight is 342 g/mol. The Hall–Kier alpha value is -2.57. The third kappa shape index (κ3) is 6.10. The van der Waals surface area contributed by atoms with Gasteiger partial charge in [0.1, 0.15) is 0 Å². The maximum atomic E-state index is 10.6. The van der Waals surface area contributed by atoms with Gasteiger partial charge in [0.15, 0.2) is 0 Å². The van der Waals surface area contributed by atoms with Crippen LogP contribution in [0.5, 0.6) is 0 Å². The molecule has 1 N–H and O–H groups in total. The normalized spacial score (nSPS) is 13.1. The summed E-state index contributed by atoms with van der Waals surface area (Å²) in [7, 11) is 0. The number of aromatic nitrogens is 1. The second-order valence-electron chi connectivity index (χ2n) is 6.46. The molecule has 1 atom stereocenters. The number of aliphatic hydroxyl groups is 1. The van der Waals surface area contributed by atoms with Crippen LogP contribution in [0.15, 0.2) is 42.6 Å². The Morgan fingerprint density at radius 1 is 1.20 bits per heavy atom. The minimum Gasteiger partial charge on any atom is -0.388 e. The lowest BCUT2D eigenvalue weighted by Crippen LogP contribution is -2.26. The topological polar surface area (TPSA) is 85.5 Å². The standard InChI is InChI=1S/C19H22N2O4/c1-14(25-13-19(2,3)22)18-11-8-16(12-20-18)5-4-15-6-9-17(10-7-15)21(23)24/h4-12,14,22H,13H2,1-3H3/b5-4+.